The molecule has 27 heavy (non-hydrogen) atoms. The molecule has 144 valence electrons. The average molecular weight is 390 g/mol. The van der Waals surface area contributed by atoms with Crippen LogP contribution >= 0.6 is 11.6 Å². The van der Waals surface area contributed by atoms with E-state index in [9.17, 15) is 14.4 Å². The molecule has 3 aliphatic rings. The third-order valence-electron chi connectivity index (χ3n) is 5.98. The molecule has 6 nitrogen and oxygen atoms in total. The second-order valence-corrected chi connectivity index (χ2v) is 8.40. The lowest BCUT2D eigenvalue weighted by Gasteiger charge is -2.30. The van der Waals surface area contributed by atoms with Gasteiger partial charge < -0.3 is 10.2 Å². The lowest BCUT2D eigenvalue weighted by Crippen LogP contribution is -2.48. The van der Waals surface area contributed by atoms with Gasteiger partial charge in [-0.3, -0.25) is 14.5 Å². The predicted molar refractivity (Wildman–Crippen MR) is 101 cm³/mol. The Kier molecular flexibility index (Phi) is 4.84. The van der Waals surface area contributed by atoms with Gasteiger partial charge in [-0.1, -0.05) is 43.0 Å². The van der Waals surface area contributed by atoms with Crippen LogP contribution in [0.5, 0.6) is 0 Å². The first kappa shape index (κ1) is 18.3. The maximum atomic E-state index is 12.9. The third-order valence-corrected chi connectivity index (χ3v) is 6.23. The van der Waals surface area contributed by atoms with Gasteiger partial charge >= 0.3 is 6.03 Å². The lowest BCUT2D eigenvalue weighted by atomic mass is 9.81. The third kappa shape index (κ3) is 3.55. The number of urea groups is 1. The Bertz CT molecular complexity index is 758. The second kappa shape index (κ2) is 7.15. The van der Waals surface area contributed by atoms with Gasteiger partial charge in [-0.05, 0) is 30.5 Å². The molecule has 1 atom stereocenters. The van der Waals surface area contributed by atoms with E-state index >= 15 is 0 Å². The molecule has 7 heteroatoms. The normalized spacial score (nSPS) is 24.8. The molecule has 3 fully saturated rings. The molecule has 0 bridgehead atoms. The maximum Gasteiger partial charge on any atom is 0.325 e. The summed E-state index contributed by atoms with van der Waals surface area (Å²) in [6, 6.07) is 7.14. The molecule has 0 radical (unpaired) electrons. The van der Waals surface area contributed by atoms with Crippen molar-refractivity contribution < 1.29 is 14.4 Å². The van der Waals surface area contributed by atoms with Crippen LogP contribution in [0.1, 0.15) is 44.1 Å². The SMILES string of the molecule is O=C1CC(CN2C(=O)NC3(CCCCC3)C2=O)CN1Cc1ccc(Cl)cc1. The molecular formula is C20H24ClN3O3. The number of halogens is 1. The molecule has 4 rings (SSSR count). The molecule has 1 aromatic rings. The van der Waals surface area contributed by atoms with Crippen LogP contribution in [0.15, 0.2) is 24.3 Å². The summed E-state index contributed by atoms with van der Waals surface area (Å²) >= 11 is 5.91. The highest BCUT2D eigenvalue weighted by Crippen LogP contribution is 2.34. The van der Waals surface area contributed by atoms with Crippen molar-refractivity contribution >= 4 is 29.4 Å². The Morgan fingerprint density at radius 1 is 1.07 bits per heavy atom. The van der Waals surface area contributed by atoms with E-state index in [0.29, 0.717) is 31.1 Å². The number of rotatable bonds is 4. The standard InChI is InChI=1S/C20H24ClN3O3/c21-16-6-4-14(5-7-16)11-23-12-15(10-17(23)25)13-24-18(26)20(22-19(24)27)8-2-1-3-9-20/h4-7,15H,1-3,8-13H2,(H,22,27). The van der Waals surface area contributed by atoms with Crippen molar-refractivity contribution in [2.75, 3.05) is 13.1 Å². The van der Waals surface area contributed by atoms with Crippen LogP contribution in [-0.2, 0) is 16.1 Å². The zero-order valence-electron chi connectivity index (χ0n) is 15.2. The number of hydrogen-bond acceptors (Lipinski definition) is 3. The highest BCUT2D eigenvalue weighted by Gasteiger charge is 2.52. The Labute approximate surface area is 163 Å². The Balaban J connectivity index is 1.38. The number of nitrogens with zero attached hydrogens (tertiary/aromatic N) is 2. The van der Waals surface area contributed by atoms with Crippen LogP contribution in [0.25, 0.3) is 0 Å². The average Bonchev–Trinajstić information content (AvgIpc) is 3.10. The summed E-state index contributed by atoms with van der Waals surface area (Å²) in [7, 11) is 0. The van der Waals surface area contributed by atoms with E-state index < -0.39 is 5.54 Å². The Hall–Kier alpha value is -2.08. The largest absolute Gasteiger partial charge is 0.338 e. The van der Waals surface area contributed by atoms with Crippen LogP contribution < -0.4 is 5.32 Å². The van der Waals surface area contributed by atoms with E-state index in [4.69, 9.17) is 11.6 Å². The van der Waals surface area contributed by atoms with Gasteiger partial charge in [-0.25, -0.2) is 4.79 Å². The number of carbonyl (C=O) groups excluding carboxylic acids is 3. The zero-order valence-corrected chi connectivity index (χ0v) is 16.0. The molecule has 2 saturated heterocycles. The van der Waals surface area contributed by atoms with E-state index in [1.807, 2.05) is 24.3 Å². The summed E-state index contributed by atoms with van der Waals surface area (Å²) in [6.07, 6.45) is 4.87. The summed E-state index contributed by atoms with van der Waals surface area (Å²) in [5.74, 6) is -0.0524. The summed E-state index contributed by atoms with van der Waals surface area (Å²) < 4.78 is 0. The first-order chi connectivity index (χ1) is 13.0. The van der Waals surface area contributed by atoms with Crippen molar-refractivity contribution in [1.29, 1.82) is 0 Å². The van der Waals surface area contributed by atoms with Crippen LogP contribution in [0.2, 0.25) is 5.02 Å². The molecule has 2 aliphatic heterocycles. The fraction of sp³-hybridized carbons (Fsp3) is 0.550. The van der Waals surface area contributed by atoms with Crippen molar-refractivity contribution in [3.8, 4) is 0 Å². The molecule has 2 heterocycles. The van der Waals surface area contributed by atoms with Gasteiger partial charge in [0.15, 0.2) is 0 Å². The number of nitrogens with one attached hydrogen (secondary N) is 1. The molecule has 1 saturated carbocycles. The smallest absolute Gasteiger partial charge is 0.325 e. The van der Waals surface area contributed by atoms with Gasteiger partial charge in [0.1, 0.15) is 5.54 Å². The number of carbonyl (C=O) groups is 3. The fourth-order valence-electron chi connectivity index (χ4n) is 4.53. The minimum absolute atomic E-state index is 0.0155. The molecule has 1 aromatic carbocycles. The number of likely N-dealkylation sites (tertiary alicyclic amines) is 1. The number of amides is 4. The van der Waals surface area contributed by atoms with Gasteiger partial charge in [0.2, 0.25) is 5.91 Å². The van der Waals surface area contributed by atoms with Gasteiger partial charge in [-0.15, -0.1) is 0 Å². The summed E-state index contributed by atoms with van der Waals surface area (Å²) in [4.78, 5) is 40.8. The van der Waals surface area contributed by atoms with Gasteiger partial charge in [-0.2, -0.15) is 0 Å². The number of benzene rings is 1. The van der Waals surface area contributed by atoms with Crippen LogP contribution in [-0.4, -0.2) is 46.3 Å². The van der Waals surface area contributed by atoms with Crippen LogP contribution in [0, 0.1) is 5.92 Å². The number of imide groups is 1. The maximum absolute atomic E-state index is 12.9. The summed E-state index contributed by atoms with van der Waals surface area (Å²) in [5.41, 5.74) is 0.325. The molecular weight excluding hydrogens is 366 g/mol. The van der Waals surface area contributed by atoms with Crippen LogP contribution in [0.3, 0.4) is 0 Å². The molecule has 4 amide bonds. The van der Waals surface area contributed by atoms with Crippen molar-refractivity contribution in [2.24, 2.45) is 5.92 Å². The van der Waals surface area contributed by atoms with E-state index in [0.717, 1.165) is 37.7 Å². The van der Waals surface area contributed by atoms with Crippen molar-refractivity contribution in [3.63, 3.8) is 0 Å². The molecule has 1 spiro atoms. The van der Waals surface area contributed by atoms with Crippen molar-refractivity contribution in [1.82, 2.24) is 15.1 Å². The van der Waals surface area contributed by atoms with Gasteiger partial charge in [0, 0.05) is 37.0 Å². The van der Waals surface area contributed by atoms with E-state index in [-0.39, 0.29) is 23.8 Å². The first-order valence-electron chi connectivity index (χ1n) is 9.63. The van der Waals surface area contributed by atoms with Gasteiger partial charge in [0.25, 0.3) is 5.91 Å². The zero-order chi connectivity index (χ0) is 19.0. The summed E-state index contributed by atoms with van der Waals surface area (Å²) in [5, 5.41) is 3.60. The lowest BCUT2D eigenvalue weighted by molar-refractivity contribution is -0.133. The van der Waals surface area contributed by atoms with Gasteiger partial charge in [0.05, 0.1) is 0 Å². The van der Waals surface area contributed by atoms with Crippen molar-refractivity contribution in [3.05, 3.63) is 34.9 Å². The topological polar surface area (TPSA) is 69.7 Å². The quantitative estimate of drug-likeness (QED) is 0.805. The van der Waals surface area contributed by atoms with E-state index in [1.165, 1.54) is 4.90 Å². The Morgan fingerprint density at radius 2 is 1.78 bits per heavy atom. The molecule has 1 N–H and O–H groups in total. The minimum atomic E-state index is -0.694. The molecule has 0 aromatic heterocycles. The number of hydrogen-bond donors (Lipinski definition) is 1. The summed E-state index contributed by atoms with van der Waals surface area (Å²) in [6.45, 7) is 1.40. The van der Waals surface area contributed by atoms with Crippen LogP contribution in [0.4, 0.5) is 4.79 Å². The van der Waals surface area contributed by atoms with Crippen molar-refractivity contribution in [2.45, 2.75) is 50.6 Å². The first-order valence-corrected chi connectivity index (χ1v) is 10.0. The molecule has 1 unspecified atom stereocenters. The highest BCUT2D eigenvalue weighted by molar-refractivity contribution is 6.30. The molecule has 1 aliphatic carbocycles. The highest BCUT2D eigenvalue weighted by atomic mass is 35.5. The minimum Gasteiger partial charge on any atom is -0.338 e. The second-order valence-electron chi connectivity index (χ2n) is 7.96. The predicted octanol–water partition coefficient (Wildman–Crippen LogP) is 2.94. The Morgan fingerprint density at radius 3 is 2.48 bits per heavy atom. The monoisotopic (exact) mass is 389 g/mol. The van der Waals surface area contributed by atoms with E-state index in [1.54, 1.807) is 4.90 Å². The fourth-order valence-corrected chi connectivity index (χ4v) is 4.66. The van der Waals surface area contributed by atoms with E-state index in [2.05, 4.69) is 5.32 Å².